The van der Waals surface area contributed by atoms with E-state index in [0.29, 0.717) is 24.9 Å². The standard InChI is InChI=1S/C12H14FNO2S/c13-11-8-9(2-1-7-14)3-6-12(11)17(15,16)10-4-5-10/h1-3,6,8,10H,4-5,7,14H2/b2-1+. The van der Waals surface area contributed by atoms with E-state index in [1.165, 1.54) is 12.1 Å². The summed E-state index contributed by atoms with van der Waals surface area (Å²) in [5, 5.41) is -0.387. The number of rotatable bonds is 4. The van der Waals surface area contributed by atoms with E-state index in [2.05, 4.69) is 0 Å². The lowest BCUT2D eigenvalue weighted by Crippen LogP contribution is -2.09. The van der Waals surface area contributed by atoms with Crippen LogP contribution in [0, 0.1) is 5.82 Å². The van der Waals surface area contributed by atoms with Gasteiger partial charge in [0.05, 0.1) is 5.25 Å². The molecule has 1 aliphatic carbocycles. The lowest BCUT2D eigenvalue weighted by atomic mass is 10.2. The molecule has 0 atom stereocenters. The van der Waals surface area contributed by atoms with Crippen LogP contribution in [0.2, 0.25) is 0 Å². The van der Waals surface area contributed by atoms with Gasteiger partial charge in [0, 0.05) is 6.54 Å². The highest BCUT2D eigenvalue weighted by atomic mass is 32.2. The molecule has 0 amide bonds. The van der Waals surface area contributed by atoms with Crippen molar-refractivity contribution in [1.29, 1.82) is 0 Å². The molecule has 17 heavy (non-hydrogen) atoms. The second-order valence-electron chi connectivity index (χ2n) is 4.07. The van der Waals surface area contributed by atoms with Crippen LogP contribution >= 0.6 is 0 Å². The third kappa shape index (κ3) is 2.56. The lowest BCUT2D eigenvalue weighted by Gasteiger charge is -2.04. The summed E-state index contributed by atoms with van der Waals surface area (Å²) >= 11 is 0. The Hall–Kier alpha value is -1.20. The Morgan fingerprint density at radius 3 is 2.65 bits per heavy atom. The van der Waals surface area contributed by atoms with E-state index in [-0.39, 0.29) is 10.1 Å². The molecule has 2 N–H and O–H groups in total. The Labute approximate surface area is 100 Å². The summed E-state index contributed by atoms with van der Waals surface area (Å²) in [5.74, 6) is -0.684. The summed E-state index contributed by atoms with van der Waals surface area (Å²) in [6, 6.07) is 4.14. The fourth-order valence-electron chi connectivity index (χ4n) is 1.61. The first-order valence-electron chi connectivity index (χ1n) is 5.46. The molecular weight excluding hydrogens is 241 g/mol. The monoisotopic (exact) mass is 255 g/mol. The van der Waals surface area contributed by atoms with Gasteiger partial charge < -0.3 is 5.73 Å². The number of hydrogen-bond donors (Lipinski definition) is 1. The average Bonchev–Trinajstić information content (AvgIpc) is 3.10. The minimum atomic E-state index is -3.46. The quantitative estimate of drug-likeness (QED) is 0.891. The van der Waals surface area contributed by atoms with Gasteiger partial charge in [-0.25, -0.2) is 12.8 Å². The number of benzene rings is 1. The van der Waals surface area contributed by atoms with Crippen molar-refractivity contribution in [2.24, 2.45) is 5.73 Å². The Morgan fingerprint density at radius 1 is 1.41 bits per heavy atom. The van der Waals surface area contributed by atoms with Crippen LogP contribution < -0.4 is 5.73 Å². The van der Waals surface area contributed by atoms with Crippen molar-refractivity contribution >= 4 is 15.9 Å². The van der Waals surface area contributed by atoms with Gasteiger partial charge in [-0.1, -0.05) is 18.2 Å². The molecule has 0 unspecified atom stereocenters. The first-order chi connectivity index (χ1) is 8.05. The van der Waals surface area contributed by atoms with Gasteiger partial charge in [-0.15, -0.1) is 0 Å². The third-order valence-electron chi connectivity index (χ3n) is 2.67. The Kier molecular flexibility index (Phi) is 3.31. The molecular formula is C12H14FNO2S. The first kappa shape index (κ1) is 12.3. The molecule has 1 aromatic rings. The van der Waals surface area contributed by atoms with Crippen LogP contribution in [0.4, 0.5) is 4.39 Å². The molecule has 1 aromatic carbocycles. The number of hydrogen-bond acceptors (Lipinski definition) is 3. The topological polar surface area (TPSA) is 60.2 Å². The highest BCUT2D eigenvalue weighted by Crippen LogP contribution is 2.34. The lowest BCUT2D eigenvalue weighted by molar-refractivity contribution is 0.566. The number of sulfone groups is 1. The van der Waals surface area contributed by atoms with Crippen molar-refractivity contribution in [3.05, 3.63) is 35.7 Å². The van der Waals surface area contributed by atoms with Crippen LogP contribution in [0.3, 0.4) is 0 Å². The van der Waals surface area contributed by atoms with Gasteiger partial charge in [0.2, 0.25) is 0 Å². The van der Waals surface area contributed by atoms with Crippen molar-refractivity contribution in [2.45, 2.75) is 23.0 Å². The van der Waals surface area contributed by atoms with E-state index in [9.17, 15) is 12.8 Å². The summed E-state index contributed by atoms with van der Waals surface area (Å²) in [5.41, 5.74) is 5.90. The zero-order valence-electron chi connectivity index (χ0n) is 9.27. The minimum Gasteiger partial charge on any atom is -0.327 e. The number of nitrogens with two attached hydrogens (primary N) is 1. The average molecular weight is 255 g/mol. The zero-order chi connectivity index (χ0) is 12.5. The molecule has 1 aliphatic rings. The van der Waals surface area contributed by atoms with E-state index < -0.39 is 15.7 Å². The molecule has 0 heterocycles. The second-order valence-corrected chi connectivity index (χ2v) is 6.27. The van der Waals surface area contributed by atoms with Gasteiger partial charge in [-0.3, -0.25) is 0 Å². The van der Waals surface area contributed by atoms with Gasteiger partial charge in [-0.2, -0.15) is 0 Å². The summed E-state index contributed by atoms with van der Waals surface area (Å²) in [6.07, 6.45) is 4.62. The predicted octanol–water partition coefficient (Wildman–Crippen LogP) is 1.73. The summed E-state index contributed by atoms with van der Waals surface area (Å²) in [6.45, 7) is 0.365. The Bertz CT molecular complexity index is 548. The normalized spacial score (nSPS) is 16.6. The van der Waals surface area contributed by atoms with Crippen LogP contribution in [-0.4, -0.2) is 20.2 Å². The maximum atomic E-state index is 13.7. The van der Waals surface area contributed by atoms with Crippen LogP contribution in [0.5, 0.6) is 0 Å². The van der Waals surface area contributed by atoms with Gasteiger partial charge in [0.15, 0.2) is 9.84 Å². The van der Waals surface area contributed by atoms with E-state index in [0.717, 1.165) is 0 Å². The molecule has 1 saturated carbocycles. The third-order valence-corrected chi connectivity index (χ3v) is 4.97. The molecule has 0 radical (unpaired) electrons. The Morgan fingerprint density at radius 2 is 2.12 bits per heavy atom. The van der Waals surface area contributed by atoms with Crippen molar-refractivity contribution < 1.29 is 12.8 Å². The molecule has 2 rings (SSSR count). The van der Waals surface area contributed by atoms with Crippen molar-refractivity contribution in [3.8, 4) is 0 Å². The van der Waals surface area contributed by atoms with Crippen molar-refractivity contribution in [1.82, 2.24) is 0 Å². The van der Waals surface area contributed by atoms with Crippen LogP contribution in [0.1, 0.15) is 18.4 Å². The maximum absolute atomic E-state index is 13.7. The Balaban J connectivity index is 2.35. The van der Waals surface area contributed by atoms with E-state index in [1.807, 2.05) is 0 Å². The number of halogens is 1. The summed E-state index contributed by atoms with van der Waals surface area (Å²) < 4.78 is 37.4. The molecule has 1 fully saturated rings. The minimum absolute atomic E-state index is 0.190. The molecule has 0 spiro atoms. The smallest absolute Gasteiger partial charge is 0.184 e. The predicted molar refractivity (Wildman–Crippen MR) is 64.7 cm³/mol. The fourth-order valence-corrected chi connectivity index (χ4v) is 3.32. The SMILES string of the molecule is NC/C=C/c1ccc(S(=O)(=O)C2CC2)c(F)c1. The van der Waals surface area contributed by atoms with Gasteiger partial charge in [-0.05, 0) is 30.5 Å². The van der Waals surface area contributed by atoms with Crippen molar-refractivity contribution in [3.63, 3.8) is 0 Å². The molecule has 0 bridgehead atoms. The van der Waals surface area contributed by atoms with Gasteiger partial charge >= 0.3 is 0 Å². The molecule has 0 aromatic heterocycles. The van der Waals surface area contributed by atoms with E-state index >= 15 is 0 Å². The summed E-state index contributed by atoms with van der Waals surface area (Å²) in [4.78, 5) is -0.190. The van der Waals surface area contributed by atoms with E-state index in [1.54, 1.807) is 18.2 Å². The van der Waals surface area contributed by atoms with Crippen LogP contribution in [0.25, 0.3) is 6.08 Å². The molecule has 92 valence electrons. The van der Waals surface area contributed by atoms with Crippen LogP contribution in [-0.2, 0) is 9.84 Å². The summed E-state index contributed by atoms with van der Waals surface area (Å²) in [7, 11) is -3.46. The molecule has 3 nitrogen and oxygen atoms in total. The molecule has 5 heteroatoms. The van der Waals surface area contributed by atoms with E-state index in [4.69, 9.17) is 5.73 Å². The van der Waals surface area contributed by atoms with Gasteiger partial charge in [0.1, 0.15) is 10.7 Å². The maximum Gasteiger partial charge on any atom is 0.184 e. The highest BCUT2D eigenvalue weighted by Gasteiger charge is 2.38. The zero-order valence-corrected chi connectivity index (χ0v) is 10.1. The second kappa shape index (κ2) is 4.58. The first-order valence-corrected chi connectivity index (χ1v) is 7.00. The molecule has 0 saturated heterocycles. The largest absolute Gasteiger partial charge is 0.327 e. The highest BCUT2D eigenvalue weighted by molar-refractivity contribution is 7.92. The van der Waals surface area contributed by atoms with Crippen LogP contribution in [0.15, 0.2) is 29.2 Å². The van der Waals surface area contributed by atoms with Gasteiger partial charge in [0.25, 0.3) is 0 Å². The fraction of sp³-hybridized carbons (Fsp3) is 0.333. The molecule has 0 aliphatic heterocycles. The van der Waals surface area contributed by atoms with Crippen molar-refractivity contribution in [2.75, 3.05) is 6.54 Å².